The third kappa shape index (κ3) is 2.65. The normalized spacial score (nSPS) is 22.0. The van der Waals surface area contributed by atoms with Crippen LogP contribution in [0.5, 0.6) is 0 Å². The summed E-state index contributed by atoms with van der Waals surface area (Å²) in [6.45, 7) is 4.82. The molecular formula is C15H18N2O3S. The van der Waals surface area contributed by atoms with E-state index in [0.29, 0.717) is 0 Å². The van der Waals surface area contributed by atoms with Crippen LogP contribution >= 0.6 is 11.8 Å². The van der Waals surface area contributed by atoms with E-state index in [2.05, 4.69) is 16.5 Å². The Hall–Kier alpha value is -1.53. The molecule has 0 radical (unpaired) electrons. The largest absolute Gasteiger partial charge is 0.481 e. The van der Waals surface area contributed by atoms with Gasteiger partial charge in [-0.1, -0.05) is 23.9 Å². The fourth-order valence-corrected chi connectivity index (χ4v) is 3.63. The topological polar surface area (TPSA) is 64.3 Å². The van der Waals surface area contributed by atoms with Crippen molar-refractivity contribution in [3.63, 3.8) is 0 Å². The second kappa shape index (κ2) is 5.69. The number of imidazole rings is 1. The van der Waals surface area contributed by atoms with E-state index >= 15 is 0 Å². The first-order valence-electron chi connectivity index (χ1n) is 7.01. The van der Waals surface area contributed by atoms with Crippen LogP contribution in [-0.2, 0) is 9.53 Å². The van der Waals surface area contributed by atoms with E-state index in [0.717, 1.165) is 34.8 Å². The summed E-state index contributed by atoms with van der Waals surface area (Å²) in [5.41, 5.74) is 3.12. The maximum absolute atomic E-state index is 10.9. The van der Waals surface area contributed by atoms with Crippen LogP contribution < -0.4 is 0 Å². The molecule has 1 aromatic carbocycles. The number of hydrogen-bond donors (Lipinski definition) is 1. The second-order valence-electron chi connectivity index (χ2n) is 5.32. The molecule has 21 heavy (non-hydrogen) atoms. The molecular weight excluding hydrogens is 288 g/mol. The van der Waals surface area contributed by atoms with E-state index in [-0.39, 0.29) is 17.9 Å². The first kappa shape index (κ1) is 14.4. The molecule has 5 nitrogen and oxygen atoms in total. The Balaban J connectivity index is 2.11. The number of aromatic nitrogens is 2. The third-order valence-corrected chi connectivity index (χ3v) is 4.82. The maximum Gasteiger partial charge on any atom is 0.313 e. The molecule has 1 aromatic heterocycles. The highest BCUT2D eigenvalue weighted by Crippen LogP contribution is 2.35. The molecule has 112 valence electrons. The van der Waals surface area contributed by atoms with Gasteiger partial charge in [-0.05, 0) is 31.9 Å². The molecule has 1 aliphatic rings. The Bertz CT molecular complexity index is 683. The summed E-state index contributed by atoms with van der Waals surface area (Å²) in [6.07, 6.45) is 1.05. The zero-order valence-corrected chi connectivity index (χ0v) is 12.9. The molecule has 3 rings (SSSR count). The Morgan fingerprint density at radius 2 is 2.38 bits per heavy atom. The number of fused-ring (bicyclic) bond motifs is 1. The number of rotatable bonds is 4. The number of carboxylic acid groups (broad SMARTS) is 1. The van der Waals surface area contributed by atoms with Gasteiger partial charge in [-0.3, -0.25) is 4.79 Å². The van der Waals surface area contributed by atoms with Crippen LogP contribution in [0.1, 0.15) is 24.9 Å². The first-order valence-corrected chi connectivity index (χ1v) is 8.00. The number of carbonyl (C=O) groups is 1. The Morgan fingerprint density at radius 3 is 3.05 bits per heavy atom. The number of carboxylic acids is 1. The van der Waals surface area contributed by atoms with Crippen molar-refractivity contribution in [1.82, 2.24) is 9.55 Å². The number of para-hydroxylation sites is 1. The van der Waals surface area contributed by atoms with Gasteiger partial charge < -0.3 is 14.4 Å². The van der Waals surface area contributed by atoms with Gasteiger partial charge in [0.05, 0.1) is 28.9 Å². The molecule has 0 spiro atoms. The van der Waals surface area contributed by atoms with Crippen molar-refractivity contribution in [2.24, 2.45) is 0 Å². The number of hydrogen-bond acceptors (Lipinski definition) is 4. The molecule has 6 heteroatoms. The number of nitrogens with zero attached hydrogens (tertiary/aromatic N) is 2. The van der Waals surface area contributed by atoms with Crippen molar-refractivity contribution < 1.29 is 14.6 Å². The molecule has 2 aromatic rings. The van der Waals surface area contributed by atoms with E-state index in [1.165, 1.54) is 11.8 Å². The zero-order chi connectivity index (χ0) is 15.0. The monoisotopic (exact) mass is 306 g/mol. The molecule has 2 atom stereocenters. The molecule has 0 bridgehead atoms. The van der Waals surface area contributed by atoms with Crippen molar-refractivity contribution in [2.75, 3.05) is 12.4 Å². The van der Waals surface area contributed by atoms with Gasteiger partial charge in [-0.15, -0.1) is 0 Å². The number of benzene rings is 1. The van der Waals surface area contributed by atoms with Gasteiger partial charge >= 0.3 is 5.97 Å². The Labute approximate surface area is 127 Å². The number of thioether (sulfide) groups is 1. The lowest BCUT2D eigenvalue weighted by atomic mass is 10.1. The van der Waals surface area contributed by atoms with E-state index in [1.807, 2.05) is 25.1 Å². The number of aryl methyl sites for hydroxylation is 1. The molecule has 2 unspecified atom stereocenters. The molecule has 2 heterocycles. The summed E-state index contributed by atoms with van der Waals surface area (Å²) in [7, 11) is 0. The van der Waals surface area contributed by atoms with Crippen molar-refractivity contribution in [2.45, 2.75) is 37.6 Å². The number of ether oxygens (including phenoxy) is 1. The zero-order valence-electron chi connectivity index (χ0n) is 12.1. The van der Waals surface area contributed by atoms with Crippen molar-refractivity contribution in [3.8, 4) is 0 Å². The third-order valence-electron chi connectivity index (χ3n) is 3.88. The molecule has 1 fully saturated rings. The van der Waals surface area contributed by atoms with E-state index in [9.17, 15) is 4.79 Å². The Morgan fingerprint density at radius 1 is 1.57 bits per heavy atom. The molecule has 0 amide bonds. The van der Waals surface area contributed by atoms with Gasteiger partial charge in [-0.2, -0.15) is 0 Å². The van der Waals surface area contributed by atoms with Crippen LogP contribution in [0.15, 0.2) is 23.4 Å². The van der Waals surface area contributed by atoms with Crippen molar-refractivity contribution in [3.05, 3.63) is 23.8 Å². The number of aliphatic carboxylic acids is 1. The SMILES string of the molecule is Cc1cccc2c1nc(SCC(=O)O)n2C1CCOC1C. The summed E-state index contributed by atoms with van der Waals surface area (Å²) < 4.78 is 7.84. The molecule has 0 saturated carbocycles. The van der Waals surface area contributed by atoms with Crippen LogP contribution in [0.4, 0.5) is 0 Å². The highest BCUT2D eigenvalue weighted by atomic mass is 32.2. The van der Waals surface area contributed by atoms with E-state index in [1.54, 1.807) is 0 Å². The van der Waals surface area contributed by atoms with Crippen LogP contribution in [-0.4, -0.2) is 39.1 Å². The lowest BCUT2D eigenvalue weighted by molar-refractivity contribution is -0.133. The van der Waals surface area contributed by atoms with Gasteiger partial charge in [0.25, 0.3) is 0 Å². The lowest BCUT2D eigenvalue weighted by Crippen LogP contribution is -2.18. The van der Waals surface area contributed by atoms with Crippen LogP contribution in [0.3, 0.4) is 0 Å². The second-order valence-corrected chi connectivity index (χ2v) is 6.26. The van der Waals surface area contributed by atoms with Gasteiger partial charge in [0.1, 0.15) is 0 Å². The van der Waals surface area contributed by atoms with E-state index in [4.69, 9.17) is 9.84 Å². The maximum atomic E-state index is 10.9. The predicted octanol–water partition coefficient (Wildman–Crippen LogP) is 2.87. The predicted molar refractivity (Wildman–Crippen MR) is 81.9 cm³/mol. The minimum atomic E-state index is -0.828. The molecule has 1 N–H and O–H groups in total. The van der Waals surface area contributed by atoms with Gasteiger partial charge in [0, 0.05) is 6.61 Å². The fourth-order valence-electron chi connectivity index (χ4n) is 2.84. The highest BCUT2D eigenvalue weighted by Gasteiger charge is 2.30. The smallest absolute Gasteiger partial charge is 0.313 e. The summed E-state index contributed by atoms with van der Waals surface area (Å²) in [5.74, 6) is -0.810. The Kier molecular flexibility index (Phi) is 3.91. The van der Waals surface area contributed by atoms with Gasteiger partial charge in [-0.25, -0.2) is 4.98 Å². The van der Waals surface area contributed by atoms with Gasteiger partial charge in [0.2, 0.25) is 0 Å². The quantitative estimate of drug-likeness (QED) is 0.880. The van der Waals surface area contributed by atoms with Crippen molar-refractivity contribution in [1.29, 1.82) is 0 Å². The molecule has 1 saturated heterocycles. The minimum absolute atomic E-state index is 0.0182. The highest BCUT2D eigenvalue weighted by molar-refractivity contribution is 7.99. The first-order chi connectivity index (χ1) is 10.1. The molecule has 1 aliphatic heterocycles. The average molecular weight is 306 g/mol. The standard InChI is InChI=1S/C15H18N2O3S/c1-9-4-3-5-12-14(9)16-15(21-8-13(18)19)17(12)11-6-7-20-10(11)2/h3-5,10-11H,6-8H2,1-2H3,(H,18,19). The van der Waals surface area contributed by atoms with Gasteiger partial charge in [0.15, 0.2) is 5.16 Å². The summed E-state index contributed by atoms with van der Waals surface area (Å²) in [4.78, 5) is 15.5. The average Bonchev–Trinajstić information content (AvgIpc) is 3.00. The summed E-state index contributed by atoms with van der Waals surface area (Å²) in [6, 6.07) is 6.31. The summed E-state index contributed by atoms with van der Waals surface area (Å²) in [5, 5.41) is 9.70. The van der Waals surface area contributed by atoms with E-state index < -0.39 is 5.97 Å². The molecule has 0 aliphatic carbocycles. The lowest BCUT2D eigenvalue weighted by Gasteiger charge is -2.19. The minimum Gasteiger partial charge on any atom is -0.481 e. The van der Waals surface area contributed by atoms with Crippen LogP contribution in [0, 0.1) is 6.92 Å². The van der Waals surface area contributed by atoms with Crippen LogP contribution in [0.2, 0.25) is 0 Å². The fraction of sp³-hybridized carbons (Fsp3) is 0.467. The van der Waals surface area contributed by atoms with Crippen molar-refractivity contribution >= 4 is 28.8 Å². The summed E-state index contributed by atoms with van der Waals surface area (Å²) >= 11 is 1.28. The van der Waals surface area contributed by atoms with Crippen LogP contribution in [0.25, 0.3) is 11.0 Å².